The fourth-order valence-electron chi connectivity index (χ4n) is 4.32. The van der Waals surface area contributed by atoms with Gasteiger partial charge in [-0.1, -0.05) is 30.3 Å². The van der Waals surface area contributed by atoms with Gasteiger partial charge in [0.2, 0.25) is 0 Å². The Labute approximate surface area is 162 Å². The van der Waals surface area contributed by atoms with Crippen LogP contribution in [0.1, 0.15) is 40.7 Å². The first-order valence-electron chi connectivity index (χ1n) is 10.1. The molecule has 0 saturated carbocycles. The zero-order valence-electron chi connectivity index (χ0n) is 15.9. The van der Waals surface area contributed by atoms with E-state index in [1.165, 1.54) is 29.5 Å². The van der Waals surface area contributed by atoms with Crippen LogP contribution in [0.4, 0.5) is 0 Å². The predicted octanol–water partition coefficient (Wildman–Crippen LogP) is 2.96. The largest absolute Gasteiger partial charge is 0.312 e. The number of nitrogens with one attached hydrogen (secondary N) is 2. The highest BCUT2D eigenvalue weighted by Gasteiger charge is 2.20. The Morgan fingerprint density at radius 1 is 1.15 bits per heavy atom. The molecule has 4 nitrogen and oxygen atoms in total. The van der Waals surface area contributed by atoms with Crippen molar-refractivity contribution in [3.05, 3.63) is 70.3 Å². The lowest BCUT2D eigenvalue weighted by molar-refractivity contribution is 0.190. The van der Waals surface area contributed by atoms with E-state index in [0.29, 0.717) is 6.04 Å². The summed E-state index contributed by atoms with van der Waals surface area (Å²) in [5.41, 5.74) is 6.49. The molecule has 2 aromatic rings. The van der Waals surface area contributed by atoms with Gasteiger partial charge in [0.05, 0.1) is 11.6 Å². The summed E-state index contributed by atoms with van der Waals surface area (Å²) in [6, 6.07) is 17.6. The minimum atomic E-state index is 0.601. The van der Waals surface area contributed by atoms with E-state index in [1.54, 1.807) is 5.56 Å². The molecule has 1 saturated heterocycles. The summed E-state index contributed by atoms with van der Waals surface area (Å²) < 4.78 is 0. The summed E-state index contributed by atoms with van der Waals surface area (Å²) in [6.07, 6.45) is 3.52. The normalized spacial score (nSPS) is 18.0. The number of nitrogens with zero attached hydrogens (tertiary/aromatic N) is 2. The van der Waals surface area contributed by atoms with E-state index in [9.17, 15) is 0 Å². The standard InChI is InChI=1S/C23H28N4/c24-14-18-3-1-4-19(13-18)17-27-11-8-22(9-12-27)26-16-21-6-2-5-20-15-25-10-7-23(20)21/h1-6,13,22,25-26H,7-12,15-17H2. The Morgan fingerprint density at radius 3 is 2.85 bits per heavy atom. The number of nitriles is 1. The van der Waals surface area contributed by atoms with Gasteiger partial charge in [0, 0.05) is 25.7 Å². The molecule has 1 fully saturated rings. The van der Waals surface area contributed by atoms with Crippen LogP contribution < -0.4 is 10.6 Å². The van der Waals surface area contributed by atoms with Crippen molar-refractivity contribution in [3.63, 3.8) is 0 Å². The van der Waals surface area contributed by atoms with Crippen molar-refractivity contribution in [2.75, 3.05) is 19.6 Å². The molecule has 2 aliphatic rings. The van der Waals surface area contributed by atoms with Crippen molar-refractivity contribution < 1.29 is 0 Å². The maximum absolute atomic E-state index is 9.05. The Kier molecular flexibility index (Phi) is 5.84. The van der Waals surface area contributed by atoms with Crippen molar-refractivity contribution in [2.45, 2.75) is 44.9 Å². The highest BCUT2D eigenvalue weighted by atomic mass is 15.1. The van der Waals surface area contributed by atoms with Gasteiger partial charge in [-0.15, -0.1) is 0 Å². The lowest BCUT2D eigenvalue weighted by atomic mass is 9.95. The highest BCUT2D eigenvalue weighted by molar-refractivity contribution is 5.37. The molecular weight excluding hydrogens is 332 g/mol. The molecule has 0 aromatic heterocycles. The summed E-state index contributed by atoms with van der Waals surface area (Å²) in [7, 11) is 0. The molecular formula is C23H28N4. The third kappa shape index (κ3) is 4.56. The van der Waals surface area contributed by atoms with Crippen molar-refractivity contribution >= 4 is 0 Å². The monoisotopic (exact) mass is 360 g/mol. The summed E-state index contributed by atoms with van der Waals surface area (Å²) in [4.78, 5) is 2.50. The lowest BCUT2D eigenvalue weighted by Gasteiger charge is -2.33. The summed E-state index contributed by atoms with van der Waals surface area (Å²) in [6.45, 7) is 6.26. The van der Waals surface area contributed by atoms with E-state index in [4.69, 9.17) is 5.26 Å². The Morgan fingerprint density at radius 2 is 2.00 bits per heavy atom. The van der Waals surface area contributed by atoms with Crippen LogP contribution in [-0.4, -0.2) is 30.6 Å². The van der Waals surface area contributed by atoms with Gasteiger partial charge in [0.15, 0.2) is 0 Å². The number of piperidine rings is 1. The topological polar surface area (TPSA) is 51.1 Å². The first-order valence-corrected chi connectivity index (χ1v) is 10.1. The number of benzene rings is 2. The number of hydrogen-bond acceptors (Lipinski definition) is 4. The average Bonchev–Trinajstić information content (AvgIpc) is 2.73. The van der Waals surface area contributed by atoms with Crippen LogP contribution in [-0.2, 0) is 26.1 Å². The van der Waals surface area contributed by atoms with Gasteiger partial charge in [-0.2, -0.15) is 5.26 Å². The van der Waals surface area contributed by atoms with Gasteiger partial charge in [-0.3, -0.25) is 4.90 Å². The third-order valence-corrected chi connectivity index (χ3v) is 5.87. The first kappa shape index (κ1) is 18.2. The van der Waals surface area contributed by atoms with Crippen molar-refractivity contribution in [1.82, 2.24) is 15.5 Å². The van der Waals surface area contributed by atoms with E-state index in [1.807, 2.05) is 18.2 Å². The van der Waals surface area contributed by atoms with Crippen LogP contribution >= 0.6 is 0 Å². The zero-order valence-corrected chi connectivity index (χ0v) is 15.9. The second-order valence-corrected chi connectivity index (χ2v) is 7.73. The molecule has 4 heteroatoms. The van der Waals surface area contributed by atoms with E-state index in [2.05, 4.69) is 45.9 Å². The quantitative estimate of drug-likeness (QED) is 0.861. The van der Waals surface area contributed by atoms with Crippen LogP contribution in [0, 0.1) is 11.3 Å². The van der Waals surface area contributed by atoms with Gasteiger partial charge in [0.1, 0.15) is 0 Å². The van der Waals surface area contributed by atoms with Gasteiger partial charge < -0.3 is 10.6 Å². The average molecular weight is 361 g/mol. The fourth-order valence-corrected chi connectivity index (χ4v) is 4.32. The SMILES string of the molecule is N#Cc1cccc(CN2CCC(NCc3cccc4c3CCNC4)CC2)c1. The van der Waals surface area contributed by atoms with Crippen LogP contribution in [0.5, 0.6) is 0 Å². The number of likely N-dealkylation sites (tertiary alicyclic amines) is 1. The smallest absolute Gasteiger partial charge is 0.0991 e. The van der Waals surface area contributed by atoms with Crippen LogP contribution in [0.25, 0.3) is 0 Å². The van der Waals surface area contributed by atoms with Gasteiger partial charge in [-0.05, 0) is 73.3 Å². The molecule has 2 aliphatic heterocycles. The Hall–Kier alpha value is -2.19. The maximum atomic E-state index is 9.05. The number of rotatable bonds is 5. The molecule has 2 heterocycles. The summed E-state index contributed by atoms with van der Waals surface area (Å²) in [5.74, 6) is 0. The fraction of sp³-hybridized carbons (Fsp3) is 0.435. The summed E-state index contributed by atoms with van der Waals surface area (Å²) in [5, 5.41) is 16.3. The molecule has 0 aliphatic carbocycles. The van der Waals surface area contributed by atoms with Crippen LogP contribution in [0.15, 0.2) is 42.5 Å². The van der Waals surface area contributed by atoms with Crippen LogP contribution in [0.3, 0.4) is 0 Å². The van der Waals surface area contributed by atoms with Crippen molar-refractivity contribution in [1.29, 1.82) is 5.26 Å². The highest BCUT2D eigenvalue weighted by Crippen LogP contribution is 2.20. The first-order chi connectivity index (χ1) is 13.3. The second-order valence-electron chi connectivity index (χ2n) is 7.73. The minimum Gasteiger partial charge on any atom is -0.312 e. The number of fused-ring (bicyclic) bond motifs is 1. The van der Waals surface area contributed by atoms with E-state index in [-0.39, 0.29) is 0 Å². The molecule has 0 amide bonds. The molecule has 0 spiro atoms. The Bertz CT molecular complexity index is 815. The maximum Gasteiger partial charge on any atom is 0.0991 e. The molecule has 140 valence electrons. The minimum absolute atomic E-state index is 0.601. The van der Waals surface area contributed by atoms with Gasteiger partial charge >= 0.3 is 0 Å². The molecule has 0 atom stereocenters. The molecule has 0 bridgehead atoms. The summed E-state index contributed by atoms with van der Waals surface area (Å²) >= 11 is 0. The molecule has 27 heavy (non-hydrogen) atoms. The zero-order chi connectivity index (χ0) is 18.5. The molecule has 2 aromatic carbocycles. The molecule has 2 N–H and O–H groups in total. The van der Waals surface area contributed by atoms with Crippen molar-refractivity contribution in [3.8, 4) is 6.07 Å². The van der Waals surface area contributed by atoms with Crippen LogP contribution in [0.2, 0.25) is 0 Å². The van der Waals surface area contributed by atoms with E-state index >= 15 is 0 Å². The number of hydrogen-bond donors (Lipinski definition) is 2. The van der Waals surface area contributed by atoms with E-state index in [0.717, 1.165) is 51.3 Å². The Balaban J connectivity index is 1.27. The molecule has 0 unspecified atom stereocenters. The molecule has 0 radical (unpaired) electrons. The second kappa shape index (κ2) is 8.67. The molecule has 4 rings (SSSR count). The van der Waals surface area contributed by atoms with Gasteiger partial charge in [0.25, 0.3) is 0 Å². The van der Waals surface area contributed by atoms with E-state index < -0.39 is 0 Å². The lowest BCUT2D eigenvalue weighted by Crippen LogP contribution is -2.42. The van der Waals surface area contributed by atoms with Gasteiger partial charge in [-0.25, -0.2) is 0 Å². The van der Waals surface area contributed by atoms with Crippen molar-refractivity contribution in [2.24, 2.45) is 0 Å². The predicted molar refractivity (Wildman–Crippen MR) is 108 cm³/mol. The third-order valence-electron chi connectivity index (χ3n) is 5.87.